The number of carbonyl (C=O) groups excluding carboxylic acids is 1. The van der Waals surface area contributed by atoms with E-state index in [-0.39, 0.29) is 25.9 Å². The summed E-state index contributed by atoms with van der Waals surface area (Å²) >= 11 is 0. The number of aromatic nitrogens is 4. The summed E-state index contributed by atoms with van der Waals surface area (Å²) in [5, 5.41) is 9.78. The number of likely N-dealkylation sites (tertiary alicyclic amines) is 1. The largest absolute Gasteiger partial charge is 0.352 e. The standard InChI is InChI=1S/C18H18F2N6O3S/c19-18(20,30(28,29)16-2-1-15-4-8-23-26(15)12-16)13-5-9-25(10-6-13)17(27)24-14-3-7-21-22-11-14/h1-4,7-8,11-13H,5-6,9-10H2,(H,21,24,27). The van der Waals surface area contributed by atoms with Crippen molar-refractivity contribution in [1.29, 1.82) is 0 Å². The van der Waals surface area contributed by atoms with Crippen molar-refractivity contribution >= 4 is 27.1 Å². The van der Waals surface area contributed by atoms with Crippen LogP contribution >= 0.6 is 0 Å². The van der Waals surface area contributed by atoms with Crippen LogP contribution in [-0.2, 0) is 9.84 Å². The van der Waals surface area contributed by atoms with Gasteiger partial charge in [0.05, 0.1) is 28.5 Å². The Kier molecular flexibility index (Phi) is 5.10. The minimum atomic E-state index is -4.92. The van der Waals surface area contributed by atoms with Crippen LogP contribution in [0.15, 0.2) is 53.9 Å². The highest BCUT2D eigenvalue weighted by atomic mass is 32.2. The van der Waals surface area contributed by atoms with Crippen molar-refractivity contribution in [3.8, 4) is 0 Å². The topological polar surface area (TPSA) is 110 Å². The summed E-state index contributed by atoms with van der Waals surface area (Å²) in [6.07, 6.45) is 5.03. The molecule has 1 saturated heterocycles. The molecule has 0 spiro atoms. The molecule has 0 bridgehead atoms. The van der Waals surface area contributed by atoms with Crippen LogP contribution in [0, 0.1) is 5.92 Å². The van der Waals surface area contributed by atoms with E-state index in [1.54, 1.807) is 12.1 Å². The summed E-state index contributed by atoms with van der Waals surface area (Å²) in [4.78, 5) is 13.2. The number of pyridine rings is 1. The number of urea groups is 1. The predicted molar refractivity (Wildman–Crippen MR) is 103 cm³/mol. The number of anilines is 1. The molecule has 4 heterocycles. The van der Waals surface area contributed by atoms with E-state index >= 15 is 8.78 Å². The molecule has 4 rings (SSSR count). The van der Waals surface area contributed by atoms with E-state index in [1.807, 2.05) is 0 Å². The van der Waals surface area contributed by atoms with Crippen LogP contribution in [0.4, 0.5) is 19.3 Å². The minimum absolute atomic E-state index is 0.0122. The maximum Gasteiger partial charge on any atom is 0.352 e. The first-order valence-corrected chi connectivity index (χ1v) is 10.7. The van der Waals surface area contributed by atoms with Gasteiger partial charge in [-0.15, -0.1) is 0 Å². The molecule has 1 aliphatic rings. The van der Waals surface area contributed by atoms with Crippen LogP contribution in [0.3, 0.4) is 0 Å². The Morgan fingerprint density at radius 1 is 1.10 bits per heavy atom. The van der Waals surface area contributed by atoms with Gasteiger partial charge in [0, 0.05) is 31.4 Å². The van der Waals surface area contributed by atoms with Gasteiger partial charge in [0.1, 0.15) is 0 Å². The van der Waals surface area contributed by atoms with Gasteiger partial charge in [-0.3, -0.25) is 0 Å². The molecule has 0 saturated carbocycles. The van der Waals surface area contributed by atoms with Crippen molar-refractivity contribution in [2.45, 2.75) is 23.0 Å². The van der Waals surface area contributed by atoms with E-state index in [0.717, 1.165) is 12.3 Å². The molecule has 3 aromatic rings. The quantitative estimate of drug-likeness (QED) is 0.673. The van der Waals surface area contributed by atoms with Gasteiger partial charge in [-0.25, -0.2) is 17.7 Å². The maximum absolute atomic E-state index is 15.0. The minimum Gasteiger partial charge on any atom is -0.325 e. The summed E-state index contributed by atoms with van der Waals surface area (Å²) < 4.78 is 56.6. The van der Waals surface area contributed by atoms with Crippen LogP contribution in [0.1, 0.15) is 12.8 Å². The molecule has 0 radical (unpaired) electrons. The number of sulfone groups is 1. The zero-order valence-corrected chi connectivity index (χ0v) is 16.5. The Morgan fingerprint density at radius 3 is 2.57 bits per heavy atom. The predicted octanol–water partition coefficient (Wildman–Crippen LogP) is 2.43. The molecule has 1 fully saturated rings. The zero-order chi connectivity index (χ0) is 21.4. The molecule has 1 N–H and O–H groups in total. The number of hydrogen-bond donors (Lipinski definition) is 1. The van der Waals surface area contributed by atoms with E-state index < -0.39 is 31.9 Å². The molecule has 158 valence electrons. The summed E-state index contributed by atoms with van der Waals surface area (Å²) in [5.41, 5.74) is 1.03. The number of carbonyl (C=O) groups is 1. The van der Waals surface area contributed by atoms with Crippen molar-refractivity contribution in [3.05, 3.63) is 49.1 Å². The Bertz CT molecular complexity index is 1160. The van der Waals surface area contributed by atoms with Crippen molar-refractivity contribution in [2.24, 2.45) is 5.92 Å². The molecule has 12 heteroatoms. The lowest BCUT2D eigenvalue weighted by Gasteiger charge is -2.35. The fraction of sp³-hybridized carbons (Fsp3) is 0.333. The molecule has 9 nitrogen and oxygen atoms in total. The van der Waals surface area contributed by atoms with Crippen LogP contribution in [0.2, 0.25) is 0 Å². The molecule has 0 aromatic carbocycles. The molecule has 0 aliphatic carbocycles. The van der Waals surface area contributed by atoms with Crippen LogP contribution in [0.25, 0.3) is 5.52 Å². The lowest BCUT2D eigenvalue weighted by molar-refractivity contribution is 0.000403. The summed E-state index contributed by atoms with van der Waals surface area (Å²) in [6.45, 7) is 0.0244. The number of fused-ring (bicyclic) bond motifs is 1. The van der Waals surface area contributed by atoms with Gasteiger partial charge in [0.15, 0.2) is 0 Å². The highest BCUT2D eigenvalue weighted by Gasteiger charge is 2.53. The third-order valence-electron chi connectivity index (χ3n) is 5.13. The third-order valence-corrected chi connectivity index (χ3v) is 7.04. The van der Waals surface area contributed by atoms with Gasteiger partial charge < -0.3 is 10.2 Å². The van der Waals surface area contributed by atoms with Crippen LogP contribution in [0.5, 0.6) is 0 Å². The Labute approximate surface area is 170 Å². The first kappa shape index (κ1) is 20.1. The van der Waals surface area contributed by atoms with Crippen molar-refractivity contribution in [3.63, 3.8) is 0 Å². The number of nitrogens with zero attached hydrogens (tertiary/aromatic N) is 5. The van der Waals surface area contributed by atoms with Crippen molar-refractivity contribution in [1.82, 2.24) is 24.7 Å². The van der Waals surface area contributed by atoms with Gasteiger partial charge in [-0.2, -0.15) is 24.1 Å². The molecular weight excluding hydrogens is 418 g/mol. The van der Waals surface area contributed by atoms with Crippen LogP contribution < -0.4 is 5.32 Å². The highest BCUT2D eigenvalue weighted by molar-refractivity contribution is 7.92. The van der Waals surface area contributed by atoms with E-state index in [1.165, 1.54) is 34.1 Å². The van der Waals surface area contributed by atoms with Gasteiger partial charge in [-0.1, -0.05) is 0 Å². The highest BCUT2D eigenvalue weighted by Crippen LogP contribution is 2.41. The van der Waals surface area contributed by atoms with E-state index in [0.29, 0.717) is 11.2 Å². The smallest absolute Gasteiger partial charge is 0.325 e. The first-order valence-electron chi connectivity index (χ1n) is 9.17. The second-order valence-electron chi connectivity index (χ2n) is 6.95. The molecule has 3 aromatic heterocycles. The number of rotatable bonds is 4. The fourth-order valence-corrected chi connectivity index (χ4v) is 4.89. The second kappa shape index (κ2) is 7.59. The maximum atomic E-state index is 15.0. The van der Waals surface area contributed by atoms with E-state index in [4.69, 9.17) is 0 Å². The Balaban J connectivity index is 1.45. The molecule has 30 heavy (non-hydrogen) atoms. The van der Waals surface area contributed by atoms with Gasteiger partial charge in [-0.05, 0) is 37.1 Å². The number of piperidine rings is 1. The number of nitrogens with one attached hydrogen (secondary N) is 1. The average Bonchev–Trinajstić information content (AvgIpc) is 3.22. The summed E-state index contributed by atoms with van der Waals surface area (Å²) in [5.74, 6) is -1.40. The Hall–Kier alpha value is -3.15. The molecule has 2 amide bonds. The number of halogens is 2. The van der Waals surface area contributed by atoms with E-state index in [9.17, 15) is 13.2 Å². The fourth-order valence-electron chi connectivity index (χ4n) is 3.42. The third kappa shape index (κ3) is 3.58. The monoisotopic (exact) mass is 436 g/mol. The first-order chi connectivity index (χ1) is 14.3. The van der Waals surface area contributed by atoms with Crippen molar-refractivity contribution in [2.75, 3.05) is 18.4 Å². The van der Waals surface area contributed by atoms with Gasteiger partial charge in [0.25, 0.3) is 0 Å². The average molecular weight is 436 g/mol. The van der Waals surface area contributed by atoms with Gasteiger partial charge in [0.2, 0.25) is 9.84 Å². The molecular formula is C18H18F2N6O3S. The number of alkyl halides is 2. The molecule has 1 aliphatic heterocycles. The number of amides is 2. The molecule has 0 atom stereocenters. The Morgan fingerprint density at radius 2 is 1.87 bits per heavy atom. The number of hydrogen-bond acceptors (Lipinski definition) is 6. The molecule has 0 unspecified atom stereocenters. The summed E-state index contributed by atoms with van der Waals surface area (Å²) in [7, 11) is -4.92. The van der Waals surface area contributed by atoms with Crippen LogP contribution in [-0.4, -0.2) is 57.5 Å². The van der Waals surface area contributed by atoms with Crippen molar-refractivity contribution < 1.29 is 22.0 Å². The lowest BCUT2D eigenvalue weighted by atomic mass is 9.97. The second-order valence-corrected chi connectivity index (χ2v) is 8.98. The van der Waals surface area contributed by atoms with E-state index in [2.05, 4.69) is 20.6 Å². The zero-order valence-electron chi connectivity index (χ0n) is 15.6. The lowest BCUT2D eigenvalue weighted by Crippen LogP contribution is -2.47. The SMILES string of the molecule is O=C(Nc1ccnnc1)N1CCC(C(F)(F)S(=O)(=O)c2ccc3ccnn3c2)CC1. The van der Waals surface area contributed by atoms with Gasteiger partial charge >= 0.3 is 11.3 Å². The normalized spacial score (nSPS) is 16.0. The summed E-state index contributed by atoms with van der Waals surface area (Å²) in [6, 6.07) is 5.31.